The van der Waals surface area contributed by atoms with Crippen molar-refractivity contribution >= 4 is 0 Å². The first kappa shape index (κ1) is 14.4. The van der Waals surface area contributed by atoms with Crippen LogP contribution < -0.4 is 10.5 Å². The third-order valence-electron chi connectivity index (χ3n) is 4.07. The van der Waals surface area contributed by atoms with Crippen LogP contribution in [-0.2, 0) is 6.54 Å². The molecule has 2 rings (SSSR count). The van der Waals surface area contributed by atoms with Crippen molar-refractivity contribution in [3.63, 3.8) is 0 Å². The molecular formula is C16H26N2O. The quantitative estimate of drug-likeness (QED) is 0.886. The number of nitrogens with two attached hydrogens (primary N) is 1. The maximum absolute atomic E-state index is 5.77. The predicted octanol–water partition coefficient (Wildman–Crippen LogP) is 2.74. The van der Waals surface area contributed by atoms with Crippen molar-refractivity contribution in [2.75, 3.05) is 26.7 Å². The number of nitrogens with zero attached hydrogens (tertiary/aromatic N) is 1. The Morgan fingerprint density at radius 1 is 1.26 bits per heavy atom. The molecule has 1 unspecified atom stereocenters. The van der Waals surface area contributed by atoms with E-state index in [1.54, 1.807) is 7.11 Å². The maximum Gasteiger partial charge on any atom is 0.123 e. The van der Waals surface area contributed by atoms with Crippen LogP contribution in [0.4, 0.5) is 0 Å². The molecule has 0 spiro atoms. The summed E-state index contributed by atoms with van der Waals surface area (Å²) < 4.78 is 5.50. The van der Waals surface area contributed by atoms with Gasteiger partial charge < -0.3 is 10.5 Å². The number of hydrogen-bond acceptors (Lipinski definition) is 3. The van der Waals surface area contributed by atoms with Gasteiger partial charge in [0.15, 0.2) is 0 Å². The van der Waals surface area contributed by atoms with Gasteiger partial charge in [-0.25, -0.2) is 0 Å². The van der Waals surface area contributed by atoms with E-state index in [0.717, 1.165) is 12.3 Å². The van der Waals surface area contributed by atoms with Gasteiger partial charge in [0.1, 0.15) is 5.75 Å². The second-order valence-corrected chi connectivity index (χ2v) is 5.54. The standard InChI is InChI=1S/C16H26N2O/c1-13(11-17)14-6-7-16(19-2)15(10-14)12-18-8-4-3-5-9-18/h6-7,10,13H,3-5,8-9,11-12,17H2,1-2H3. The lowest BCUT2D eigenvalue weighted by molar-refractivity contribution is 0.218. The molecule has 1 fully saturated rings. The van der Waals surface area contributed by atoms with E-state index in [4.69, 9.17) is 10.5 Å². The molecule has 1 aromatic carbocycles. The van der Waals surface area contributed by atoms with Crippen LogP contribution in [0.2, 0.25) is 0 Å². The van der Waals surface area contributed by atoms with Crippen LogP contribution in [0.1, 0.15) is 43.2 Å². The molecule has 1 heterocycles. The summed E-state index contributed by atoms with van der Waals surface area (Å²) in [7, 11) is 1.75. The fraction of sp³-hybridized carbons (Fsp3) is 0.625. The van der Waals surface area contributed by atoms with Crippen molar-refractivity contribution in [3.8, 4) is 5.75 Å². The molecule has 1 saturated heterocycles. The Kier molecular flexibility index (Phi) is 5.23. The van der Waals surface area contributed by atoms with Gasteiger partial charge in [0, 0.05) is 12.1 Å². The Balaban J connectivity index is 2.15. The zero-order chi connectivity index (χ0) is 13.7. The van der Waals surface area contributed by atoms with Crippen LogP contribution >= 0.6 is 0 Å². The molecule has 0 aliphatic carbocycles. The van der Waals surface area contributed by atoms with Gasteiger partial charge >= 0.3 is 0 Å². The van der Waals surface area contributed by atoms with Crippen molar-refractivity contribution in [2.45, 2.75) is 38.6 Å². The second-order valence-electron chi connectivity index (χ2n) is 5.54. The van der Waals surface area contributed by atoms with Gasteiger partial charge in [-0.1, -0.05) is 25.5 Å². The van der Waals surface area contributed by atoms with Gasteiger partial charge in [0.05, 0.1) is 7.11 Å². The van der Waals surface area contributed by atoms with E-state index in [9.17, 15) is 0 Å². The highest BCUT2D eigenvalue weighted by molar-refractivity contribution is 5.38. The molecule has 2 N–H and O–H groups in total. The predicted molar refractivity (Wildman–Crippen MR) is 79.6 cm³/mol. The van der Waals surface area contributed by atoms with E-state index in [2.05, 4.69) is 30.0 Å². The summed E-state index contributed by atoms with van der Waals surface area (Å²) in [5.74, 6) is 1.41. The molecule has 0 bridgehead atoms. The Labute approximate surface area is 116 Å². The first-order valence-corrected chi connectivity index (χ1v) is 7.34. The second kappa shape index (κ2) is 6.92. The highest BCUT2D eigenvalue weighted by atomic mass is 16.5. The zero-order valence-corrected chi connectivity index (χ0v) is 12.2. The van der Waals surface area contributed by atoms with Crippen LogP contribution in [0.5, 0.6) is 5.75 Å². The molecule has 3 heteroatoms. The van der Waals surface area contributed by atoms with E-state index in [-0.39, 0.29) is 0 Å². The Bertz CT molecular complexity index is 400. The highest BCUT2D eigenvalue weighted by Crippen LogP contribution is 2.26. The smallest absolute Gasteiger partial charge is 0.123 e. The maximum atomic E-state index is 5.77. The number of methoxy groups -OCH3 is 1. The minimum atomic E-state index is 0.408. The molecule has 3 nitrogen and oxygen atoms in total. The summed E-state index contributed by atoms with van der Waals surface area (Å²) in [6.07, 6.45) is 4.01. The van der Waals surface area contributed by atoms with Crippen LogP contribution in [0, 0.1) is 0 Å². The first-order chi connectivity index (χ1) is 9.24. The fourth-order valence-electron chi connectivity index (χ4n) is 2.72. The number of piperidine rings is 1. The molecule has 1 atom stereocenters. The topological polar surface area (TPSA) is 38.5 Å². The minimum absolute atomic E-state index is 0.408. The molecule has 0 saturated carbocycles. The van der Waals surface area contributed by atoms with Gasteiger partial charge in [-0.3, -0.25) is 4.90 Å². The number of likely N-dealkylation sites (tertiary alicyclic amines) is 1. The summed E-state index contributed by atoms with van der Waals surface area (Å²) in [5, 5.41) is 0. The van der Waals surface area contributed by atoms with Gasteiger partial charge in [-0.05, 0) is 50.0 Å². The molecule has 0 radical (unpaired) electrons. The van der Waals surface area contributed by atoms with E-state index in [1.807, 2.05) is 0 Å². The zero-order valence-electron chi connectivity index (χ0n) is 12.2. The van der Waals surface area contributed by atoms with E-state index in [0.29, 0.717) is 12.5 Å². The monoisotopic (exact) mass is 262 g/mol. The summed E-state index contributed by atoms with van der Waals surface area (Å²) in [6.45, 7) is 6.27. The SMILES string of the molecule is COc1ccc(C(C)CN)cc1CN1CCCCC1. The van der Waals surface area contributed by atoms with Crippen LogP contribution in [0.25, 0.3) is 0 Å². The number of hydrogen-bond donors (Lipinski definition) is 1. The summed E-state index contributed by atoms with van der Waals surface area (Å²) in [4.78, 5) is 2.53. The lowest BCUT2D eigenvalue weighted by Gasteiger charge is -2.27. The largest absolute Gasteiger partial charge is 0.496 e. The number of rotatable bonds is 5. The van der Waals surface area contributed by atoms with E-state index >= 15 is 0 Å². The van der Waals surface area contributed by atoms with Gasteiger partial charge in [0.2, 0.25) is 0 Å². The highest BCUT2D eigenvalue weighted by Gasteiger charge is 2.14. The Morgan fingerprint density at radius 2 is 2.00 bits per heavy atom. The molecule has 1 aromatic rings. The van der Waals surface area contributed by atoms with E-state index < -0.39 is 0 Å². The molecule has 19 heavy (non-hydrogen) atoms. The van der Waals surface area contributed by atoms with Crippen molar-refractivity contribution in [2.24, 2.45) is 5.73 Å². The van der Waals surface area contributed by atoms with Crippen molar-refractivity contribution in [3.05, 3.63) is 29.3 Å². The average molecular weight is 262 g/mol. The minimum Gasteiger partial charge on any atom is -0.496 e. The fourth-order valence-corrected chi connectivity index (χ4v) is 2.72. The third kappa shape index (κ3) is 3.71. The van der Waals surface area contributed by atoms with Crippen molar-refractivity contribution in [1.82, 2.24) is 4.90 Å². The van der Waals surface area contributed by atoms with Crippen LogP contribution in [0.3, 0.4) is 0 Å². The molecule has 1 aliphatic rings. The lowest BCUT2D eigenvalue weighted by Crippen LogP contribution is -2.29. The first-order valence-electron chi connectivity index (χ1n) is 7.34. The molecule has 1 aliphatic heterocycles. The summed E-state index contributed by atoms with van der Waals surface area (Å²) >= 11 is 0. The Morgan fingerprint density at radius 3 is 2.63 bits per heavy atom. The van der Waals surface area contributed by atoms with Crippen LogP contribution in [0.15, 0.2) is 18.2 Å². The van der Waals surface area contributed by atoms with Gasteiger partial charge in [-0.2, -0.15) is 0 Å². The normalized spacial score (nSPS) is 18.3. The Hall–Kier alpha value is -1.06. The van der Waals surface area contributed by atoms with Crippen molar-refractivity contribution in [1.29, 1.82) is 0 Å². The number of ether oxygens (including phenoxy) is 1. The average Bonchev–Trinajstić information content (AvgIpc) is 2.47. The van der Waals surface area contributed by atoms with Gasteiger partial charge in [-0.15, -0.1) is 0 Å². The van der Waals surface area contributed by atoms with Crippen molar-refractivity contribution < 1.29 is 4.74 Å². The van der Waals surface area contributed by atoms with E-state index in [1.165, 1.54) is 43.5 Å². The third-order valence-corrected chi connectivity index (χ3v) is 4.07. The summed E-state index contributed by atoms with van der Waals surface area (Å²) in [6, 6.07) is 6.49. The lowest BCUT2D eigenvalue weighted by atomic mass is 9.98. The molecule has 0 amide bonds. The molecular weight excluding hydrogens is 236 g/mol. The molecule has 106 valence electrons. The number of benzene rings is 1. The van der Waals surface area contributed by atoms with Crippen LogP contribution in [-0.4, -0.2) is 31.6 Å². The van der Waals surface area contributed by atoms with Gasteiger partial charge in [0.25, 0.3) is 0 Å². The summed E-state index contributed by atoms with van der Waals surface area (Å²) in [5.41, 5.74) is 8.38. The molecule has 0 aromatic heterocycles.